The van der Waals surface area contributed by atoms with E-state index in [1.807, 2.05) is 6.20 Å². The van der Waals surface area contributed by atoms with Crippen LogP contribution >= 0.6 is 0 Å². The molecule has 3 heterocycles. The van der Waals surface area contributed by atoms with E-state index in [1.54, 1.807) is 0 Å². The van der Waals surface area contributed by atoms with Gasteiger partial charge in [-0.25, -0.2) is 4.98 Å². The number of rotatable bonds is 5. The first-order valence-corrected chi connectivity index (χ1v) is 18.8. The molecule has 54 heavy (non-hydrogen) atoms. The molecule has 1 aliphatic heterocycles. The minimum absolute atomic E-state index is 0. The van der Waals surface area contributed by atoms with Gasteiger partial charge in [-0.05, 0) is 75.6 Å². The van der Waals surface area contributed by atoms with Crippen LogP contribution in [0.15, 0.2) is 115 Å². The van der Waals surface area contributed by atoms with Crippen molar-refractivity contribution in [3.63, 3.8) is 0 Å². The van der Waals surface area contributed by atoms with Crippen LogP contribution in [0, 0.1) is 18.8 Å². The Bertz CT molecular complexity index is 2490. The van der Waals surface area contributed by atoms with Gasteiger partial charge in [-0.15, -0.1) is 23.8 Å². The van der Waals surface area contributed by atoms with Crippen LogP contribution < -0.4 is 9.80 Å². The maximum atomic E-state index is 4.89. The van der Waals surface area contributed by atoms with Gasteiger partial charge in [0.2, 0.25) is 0 Å². The van der Waals surface area contributed by atoms with Crippen molar-refractivity contribution in [2.75, 3.05) is 9.80 Å². The summed E-state index contributed by atoms with van der Waals surface area (Å²) >= 11 is 0. The second-order valence-electron chi connectivity index (χ2n) is 17.6. The maximum Gasteiger partial charge on any atom is 0.135 e. The zero-order chi connectivity index (χ0) is 37.3. The number of hydrogen-bond donors (Lipinski definition) is 0. The van der Waals surface area contributed by atoms with E-state index in [9.17, 15) is 0 Å². The van der Waals surface area contributed by atoms with Crippen LogP contribution in [-0.2, 0) is 43.7 Å². The fraction of sp³-hybridized carbons (Fsp3) is 0.265. The average Bonchev–Trinajstić information content (AvgIpc) is 3.67. The fourth-order valence-corrected chi connectivity index (χ4v) is 7.57. The van der Waals surface area contributed by atoms with Crippen molar-refractivity contribution in [3.8, 4) is 5.82 Å². The zero-order valence-electron chi connectivity index (χ0n) is 32.9. The first-order chi connectivity index (χ1) is 25.2. The monoisotopic (exact) mass is 888 g/mol. The van der Waals surface area contributed by atoms with Crippen molar-refractivity contribution in [3.05, 3.63) is 162 Å². The topological polar surface area (TPSA) is 24.3 Å². The van der Waals surface area contributed by atoms with Crippen LogP contribution in [0.5, 0.6) is 0 Å². The van der Waals surface area contributed by atoms with Crippen molar-refractivity contribution >= 4 is 44.6 Å². The van der Waals surface area contributed by atoms with Crippen LogP contribution in [0.2, 0.25) is 0 Å². The Kier molecular flexibility index (Phi) is 9.68. The smallest absolute Gasteiger partial charge is 0.135 e. The van der Waals surface area contributed by atoms with Gasteiger partial charge in [0.15, 0.2) is 0 Å². The molecule has 5 aromatic carbocycles. The van der Waals surface area contributed by atoms with E-state index in [0.29, 0.717) is 6.42 Å². The predicted molar refractivity (Wildman–Crippen MR) is 223 cm³/mol. The van der Waals surface area contributed by atoms with Crippen LogP contribution in [0.25, 0.3) is 27.6 Å². The van der Waals surface area contributed by atoms with E-state index in [0.717, 1.165) is 45.0 Å². The van der Waals surface area contributed by atoms with Crippen molar-refractivity contribution < 1.29 is 21.1 Å². The molecule has 0 atom stereocenters. The molecule has 5 heteroatoms. The van der Waals surface area contributed by atoms with Crippen LogP contribution in [0.4, 0.5) is 22.7 Å². The standard InChI is InChI=1S/C49H49N4.Pt/c1-47(2,3)35-24-25-50-46(31-35)53-41-18-12-10-16-38(41)39-23-22-33(29-45(39)53)26-34-27-36(48(4,5)6)30-37(28-34)51-32-52(44-21-15-14-20-43(44)51)42-19-13-11-17-40(42)49(7,8)9;/h10-25,27,30-32H,26H2,1-9H3;/q-3;. The van der Waals surface area contributed by atoms with E-state index in [4.69, 9.17) is 4.98 Å². The van der Waals surface area contributed by atoms with E-state index in [-0.39, 0.29) is 37.3 Å². The van der Waals surface area contributed by atoms with Crippen LogP contribution in [-0.4, -0.2) is 9.55 Å². The third kappa shape index (κ3) is 6.90. The molecule has 0 aliphatic carbocycles. The number of nitrogens with zero attached hydrogens (tertiary/aromatic N) is 4. The van der Waals surface area contributed by atoms with Gasteiger partial charge in [0.1, 0.15) is 5.82 Å². The van der Waals surface area contributed by atoms with Crippen LogP contribution in [0.1, 0.15) is 90.1 Å². The minimum atomic E-state index is -0.0554. The molecule has 0 saturated heterocycles. The molecular weight excluding hydrogens is 840 g/mol. The number of fused-ring (bicyclic) bond motifs is 4. The third-order valence-corrected chi connectivity index (χ3v) is 10.5. The van der Waals surface area contributed by atoms with Gasteiger partial charge in [-0.1, -0.05) is 116 Å². The summed E-state index contributed by atoms with van der Waals surface area (Å²) in [5, 5.41) is 2.39. The van der Waals surface area contributed by atoms with Crippen LogP contribution in [0.3, 0.4) is 0 Å². The Hall–Kier alpha value is -4.66. The summed E-state index contributed by atoms with van der Waals surface area (Å²) in [6.45, 7) is 22.7. The molecule has 278 valence electrons. The SMILES string of the molecule is CC(C)(C)c1cc(Cc2[c-]c3c(cc2)c2ccccc2n3-c2cc(C(C)(C)C)ccn2)[c-]c(N2[CH-]N(c3ccccc3C(C)(C)C)c3ccccc32)c1.[Pt]. The Labute approximate surface area is 336 Å². The molecule has 4 nitrogen and oxygen atoms in total. The number of pyridine rings is 1. The first-order valence-electron chi connectivity index (χ1n) is 18.8. The van der Waals surface area contributed by atoms with E-state index in [1.165, 1.54) is 33.2 Å². The Morgan fingerprint density at radius 1 is 0.574 bits per heavy atom. The summed E-state index contributed by atoms with van der Waals surface area (Å²) in [6.07, 6.45) is 2.64. The summed E-state index contributed by atoms with van der Waals surface area (Å²) in [6, 6.07) is 47.3. The predicted octanol–water partition coefficient (Wildman–Crippen LogP) is 12.7. The molecule has 0 saturated carbocycles. The van der Waals surface area contributed by atoms with Crippen molar-refractivity contribution in [1.82, 2.24) is 9.55 Å². The zero-order valence-corrected chi connectivity index (χ0v) is 35.1. The summed E-state index contributed by atoms with van der Waals surface area (Å²) in [5.74, 6) is 0.918. The largest absolute Gasteiger partial charge is 0.493 e. The quantitative estimate of drug-likeness (QED) is 0.161. The van der Waals surface area contributed by atoms with E-state index >= 15 is 0 Å². The van der Waals surface area contributed by atoms with Gasteiger partial charge >= 0.3 is 0 Å². The number of aromatic nitrogens is 2. The van der Waals surface area contributed by atoms with Gasteiger partial charge in [0.05, 0.1) is 0 Å². The Morgan fingerprint density at radius 2 is 1.22 bits per heavy atom. The molecule has 1 aliphatic rings. The first kappa shape index (κ1) is 37.6. The molecule has 0 amide bonds. The van der Waals surface area contributed by atoms with Crippen molar-refractivity contribution in [2.45, 2.75) is 85.0 Å². The van der Waals surface area contributed by atoms with Gasteiger partial charge < -0.3 is 14.4 Å². The number of benzene rings is 5. The second kappa shape index (κ2) is 13.9. The molecule has 2 aromatic heterocycles. The van der Waals surface area contributed by atoms with Crippen molar-refractivity contribution in [2.24, 2.45) is 0 Å². The molecular formula is C49H49N4Pt-3. The molecule has 0 spiro atoms. The fourth-order valence-electron chi connectivity index (χ4n) is 7.57. The third-order valence-electron chi connectivity index (χ3n) is 10.5. The van der Waals surface area contributed by atoms with Crippen molar-refractivity contribution in [1.29, 1.82) is 0 Å². The number of hydrogen-bond acceptors (Lipinski definition) is 3. The molecule has 0 fully saturated rings. The van der Waals surface area contributed by atoms with Gasteiger partial charge in [-0.2, -0.15) is 47.0 Å². The summed E-state index contributed by atoms with van der Waals surface area (Å²) in [4.78, 5) is 9.55. The molecule has 0 N–H and O–H groups in total. The molecule has 7 aromatic rings. The average molecular weight is 889 g/mol. The summed E-state index contributed by atoms with van der Waals surface area (Å²) < 4.78 is 2.28. The maximum absolute atomic E-state index is 4.89. The molecule has 0 bridgehead atoms. The summed E-state index contributed by atoms with van der Waals surface area (Å²) in [5.41, 5.74) is 12.8. The molecule has 0 radical (unpaired) electrons. The van der Waals surface area contributed by atoms with E-state index < -0.39 is 0 Å². The second-order valence-corrected chi connectivity index (χ2v) is 17.6. The van der Waals surface area contributed by atoms with Gasteiger partial charge in [0.25, 0.3) is 0 Å². The molecule has 8 rings (SSSR count). The number of para-hydroxylation sites is 4. The minimum Gasteiger partial charge on any atom is -0.493 e. The van der Waals surface area contributed by atoms with Gasteiger partial charge in [0, 0.05) is 49.8 Å². The molecule has 0 unspecified atom stereocenters. The Morgan fingerprint density at radius 3 is 1.93 bits per heavy atom. The number of anilines is 4. The van der Waals surface area contributed by atoms with E-state index in [2.05, 4.69) is 205 Å². The normalized spacial score (nSPS) is 13.4. The summed E-state index contributed by atoms with van der Waals surface area (Å²) in [7, 11) is 0. The Balaban J connectivity index is 0.00000450. The van der Waals surface area contributed by atoms with Gasteiger partial charge in [-0.3, -0.25) is 0 Å².